The number of phenolic OH excluding ortho intramolecular Hbond substituents is 1. The summed E-state index contributed by atoms with van der Waals surface area (Å²) in [6.45, 7) is 0. The molecule has 0 radical (unpaired) electrons. The normalized spacial score (nSPS) is 27.5. The molecule has 8 rings (SSSR count). The predicted molar refractivity (Wildman–Crippen MR) is 188 cm³/mol. The lowest BCUT2D eigenvalue weighted by Crippen LogP contribution is -2.60. The molecule has 276 valence electrons. The van der Waals surface area contributed by atoms with Gasteiger partial charge in [0.15, 0.2) is 33.0 Å². The van der Waals surface area contributed by atoms with E-state index < -0.39 is 98.2 Å². The highest BCUT2D eigenvalue weighted by molar-refractivity contribution is 6.58. The van der Waals surface area contributed by atoms with Crippen LogP contribution in [0.1, 0.15) is 24.3 Å². The molecule has 2 aliphatic carbocycles. The number of imide groups is 2. The number of alkyl halides is 2. The molecule has 4 aliphatic rings. The molecular formula is C38H23Cl3F5N3O5. The number of amides is 4. The SMILES string of the molecule is O=C1C2CC=C3C(CC4(Cl)C(=O)N(c5c(F)c(F)c(F)c(F)c5F)C(=O)C4(Cl)C3c3ccc(O)cc3Cl)C2C(=O)N1c1ccc(Nc2ccccc2)cc1. The second-order valence-corrected chi connectivity index (χ2v) is 15.1. The second-order valence-electron chi connectivity index (χ2n) is 13.4. The van der Waals surface area contributed by atoms with Crippen molar-refractivity contribution in [3.05, 3.63) is 124 Å². The highest BCUT2D eigenvalue weighted by atomic mass is 35.5. The average molecular weight is 803 g/mol. The number of anilines is 4. The van der Waals surface area contributed by atoms with Crippen LogP contribution in [0.3, 0.4) is 0 Å². The molecule has 2 N–H and O–H groups in total. The number of rotatable bonds is 5. The molecule has 54 heavy (non-hydrogen) atoms. The Hall–Kier alpha value is -4.98. The third-order valence-electron chi connectivity index (χ3n) is 10.7. The van der Waals surface area contributed by atoms with E-state index in [0.29, 0.717) is 5.69 Å². The fraction of sp³-hybridized carbons (Fsp3) is 0.211. The van der Waals surface area contributed by atoms with E-state index in [0.717, 1.165) is 16.7 Å². The van der Waals surface area contributed by atoms with Crippen LogP contribution in [0.2, 0.25) is 5.02 Å². The molecule has 16 heteroatoms. The minimum Gasteiger partial charge on any atom is -0.508 e. The summed E-state index contributed by atoms with van der Waals surface area (Å²) in [7, 11) is 0. The fourth-order valence-corrected chi connectivity index (χ4v) is 9.51. The first-order valence-electron chi connectivity index (χ1n) is 16.4. The molecular weight excluding hydrogens is 780 g/mol. The Kier molecular flexibility index (Phi) is 8.36. The molecule has 2 aliphatic heterocycles. The zero-order valence-electron chi connectivity index (χ0n) is 27.2. The van der Waals surface area contributed by atoms with Gasteiger partial charge in [0.05, 0.1) is 17.5 Å². The third-order valence-corrected chi connectivity index (χ3v) is 12.4. The van der Waals surface area contributed by atoms with Gasteiger partial charge >= 0.3 is 0 Å². The number of carbonyl (C=O) groups excluding carboxylic acids is 4. The number of hydrogen-bond acceptors (Lipinski definition) is 6. The van der Waals surface area contributed by atoms with Gasteiger partial charge in [0, 0.05) is 22.3 Å². The summed E-state index contributed by atoms with van der Waals surface area (Å²) >= 11 is 20.8. The highest BCUT2D eigenvalue weighted by Gasteiger charge is 2.77. The number of phenols is 1. The molecule has 2 saturated heterocycles. The number of aromatic hydroxyl groups is 1. The van der Waals surface area contributed by atoms with Crippen molar-refractivity contribution < 1.29 is 46.2 Å². The van der Waals surface area contributed by atoms with Crippen molar-refractivity contribution in [2.24, 2.45) is 17.8 Å². The number of fused-ring (bicyclic) bond motifs is 4. The summed E-state index contributed by atoms with van der Waals surface area (Å²) in [5, 5.41) is 13.2. The van der Waals surface area contributed by atoms with Gasteiger partial charge < -0.3 is 10.4 Å². The van der Waals surface area contributed by atoms with Crippen LogP contribution in [0.25, 0.3) is 0 Å². The van der Waals surface area contributed by atoms with E-state index in [1.165, 1.54) is 12.1 Å². The lowest BCUT2D eigenvalue weighted by Gasteiger charge is -2.50. The Balaban J connectivity index is 1.24. The molecule has 0 bridgehead atoms. The fourth-order valence-electron chi connectivity index (χ4n) is 8.30. The van der Waals surface area contributed by atoms with Crippen LogP contribution in [0.15, 0.2) is 84.4 Å². The first-order chi connectivity index (χ1) is 25.6. The van der Waals surface area contributed by atoms with Crippen molar-refractivity contribution >= 4 is 81.2 Å². The zero-order valence-corrected chi connectivity index (χ0v) is 29.5. The first kappa shape index (κ1) is 36.0. The lowest BCUT2D eigenvalue weighted by atomic mass is 9.56. The Morgan fingerprint density at radius 3 is 1.96 bits per heavy atom. The van der Waals surface area contributed by atoms with Crippen LogP contribution < -0.4 is 15.1 Å². The standard InChI is InChI=1S/C38H23Cl3F5N3O5/c39-24-14-19(50)10-11-21(24)26-20-12-13-22-25(34(52)48(33(22)51)18-8-6-17(7-9-18)47-16-4-2-1-3-5-16)23(20)15-37(40)35(53)49(36(54)38(26,37)41)32-30(45)28(43)27(42)29(44)31(32)46/h1-12,14,22-23,25-26,47,50H,13,15H2. The molecule has 1 saturated carbocycles. The molecule has 4 amide bonds. The highest BCUT2D eigenvalue weighted by Crippen LogP contribution is 2.66. The summed E-state index contributed by atoms with van der Waals surface area (Å²) in [5.41, 5.74) is 0.0277. The summed E-state index contributed by atoms with van der Waals surface area (Å²) in [4.78, 5) is 52.4. The predicted octanol–water partition coefficient (Wildman–Crippen LogP) is 8.25. The van der Waals surface area contributed by atoms with Crippen molar-refractivity contribution in [2.45, 2.75) is 28.5 Å². The smallest absolute Gasteiger partial charge is 0.258 e. The van der Waals surface area contributed by atoms with E-state index >= 15 is 8.78 Å². The van der Waals surface area contributed by atoms with Gasteiger partial charge in [0.2, 0.25) is 17.6 Å². The summed E-state index contributed by atoms with van der Waals surface area (Å²) in [6, 6.07) is 19.3. The number of allylic oxidation sites excluding steroid dienone is 2. The van der Waals surface area contributed by atoms with Crippen molar-refractivity contribution in [2.75, 3.05) is 15.1 Å². The van der Waals surface area contributed by atoms with Crippen LogP contribution in [-0.2, 0) is 19.2 Å². The molecule has 0 aromatic heterocycles. The molecule has 3 fully saturated rings. The van der Waals surface area contributed by atoms with Crippen molar-refractivity contribution in [1.82, 2.24) is 0 Å². The molecule has 8 nitrogen and oxygen atoms in total. The van der Waals surface area contributed by atoms with E-state index in [1.807, 2.05) is 30.3 Å². The van der Waals surface area contributed by atoms with Crippen LogP contribution in [0.4, 0.5) is 44.7 Å². The molecule has 4 aromatic carbocycles. The van der Waals surface area contributed by atoms with Crippen LogP contribution in [0.5, 0.6) is 5.75 Å². The zero-order chi connectivity index (χ0) is 38.6. The topological polar surface area (TPSA) is 107 Å². The van der Waals surface area contributed by atoms with Crippen LogP contribution in [-0.4, -0.2) is 38.5 Å². The Morgan fingerprint density at radius 2 is 1.33 bits per heavy atom. The van der Waals surface area contributed by atoms with Gasteiger partial charge in [-0.15, -0.1) is 23.2 Å². The van der Waals surface area contributed by atoms with Crippen LogP contribution >= 0.6 is 34.8 Å². The molecule has 4 aromatic rings. The van der Waals surface area contributed by atoms with Crippen molar-refractivity contribution in [1.29, 1.82) is 0 Å². The Labute approximate surface area is 317 Å². The average Bonchev–Trinajstić information content (AvgIpc) is 3.49. The quantitative estimate of drug-likeness (QED) is 0.0526. The number of halogens is 8. The van der Waals surface area contributed by atoms with Gasteiger partial charge in [0.25, 0.3) is 11.8 Å². The summed E-state index contributed by atoms with van der Waals surface area (Å²) < 4.78 is 73.5. The van der Waals surface area contributed by atoms with E-state index in [9.17, 15) is 37.5 Å². The summed E-state index contributed by atoms with van der Waals surface area (Å²) in [6.07, 6.45) is 0.838. The maximum Gasteiger partial charge on any atom is 0.258 e. The second kappa shape index (κ2) is 12.5. The Morgan fingerprint density at radius 1 is 0.722 bits per heavy atom. The maximum absolute atomic E-state index is 15.3. The third kappa shape index (κ3) is 4.87. The number of nitrogens with one attached hydrogen (secondary N) is 1. The lowest BCUT2D eigenvalue weighted by molar-refractivity contribution is -0.125. The van der Waals surface area contributed by atoms with Crippen LogP contribution in [0, 0.1) is 46.8 Å². The van der Waals surface area contributed by atoms with Crippen molar-refractivity contribution in [3.63, 3.8) is 0 Å². The van der Waals surface area contributed by atoms with E-state index in [1.54, 1.807) is 30.3 Å². The Bertz CT molecular complexity index is 2340. The number of benzene rings is 4. The van der Waals surface area contributed by atoms with Gasteiger partial charge in [-0.25, -0.2) is 26.9 Å². The first-order valence-corrected chi connectivity index (χ1v) is 17.5. The van der Waals surface area contributed by atoms with Gasteiger partial charge in [0.1, 0.15) is 11.4 Å². The number of para-hydroxylation sites is 1. The summed E-state index contributed by atoms with van der Waals surface area (Å²) in [5.74, 6) is -22.0. The minimum absolute atomic E-state index is 0.0144. The number of carbonyl (C=O) groups is 4. The molecule has 6 unspecified atom stereocenters. The number of nitrogens with zero attached hydrogens (tertiary/aromatic N) is 2. The van der Waals surface area contributed by atoms with E-state index in [2.05, 4.69) is 5.32 Å². The van der Waals surface area contributed by atoms with Gasteiger partial charge in [-0.05, 0) is 72.9 Å². The number of hydrogen-bond donors (Lipinski definition) is 2. The van der Waals surface area contributed by atoms with Gasteiger partial charge in [-0.2, -0.15) is 0 Å². The minimum atomic E-state index is -2.74. The molecule has 2 heterocycles. The van der Waals surface area contributed by atoms with E-state index in [4.69, 9.17) is 34.8 Å². The monoisotopic (exact) mass is 801 g/mol. The van der Waals surface area contributed by atoms with Gasteiger partial charge in [-0.3, -0.25) is 24.1 Å². The molecule has 6 atom stereocenters. The van der Waals surface area contributed by atoms with Gasteiger partial charge in [-0.1, -0.05) is 47.5 Å². The maximum atomic E-state index is 15.3. The largest absolute Gasteiger partial charge is 0.508 e. The molecule has 0 spiro atoms. The van der Waals surface area contributed by atoms with Crippen molar-refractivity contribution in [3.8, 4) is 5.75 Å². The van der Waals surface area contributed by atoms with E-state index in [-0.39, 0.29) is 38.9 Å².